The number of alkyl halides is 1. The lowest BCUT2D eigenvalue weighted by Crippen LogP contribution is -2.54. The fourth-order valence-electron chi connectivity index (χ4n) is 5.20. The Hall–Kier alpha value is -2.30. The lowest BCUT2D eigenvalue weighted by Gasteiger charge is -2.30. The zero-order valence-electron chi connectivity index (χ0n) is 19.1. The molecule has 0 radical (unpaired) electrons. The number of ketones is 1. The molecule has 2 amide bonds. The number of amides is 2. The monoisotopic (exact) mass is 505 g/mol. The number of nitrogens with one attached hydrogen (secondary N) is 1. The lowest BCUT2D eigenvalue weighted by atomic mass is 9.96. The number of allylic oxidation sites excluding steroid dienone is 1. The number of nitrogens with zero attached hydrogens (tertiary/aromatic N) is 4. The van der Waals surface area contributed by atoms with Gasteiger partial charge in [0.25, 0.3) is 5.91 Å². The largest absolute Gasteiger partial charge is 0.366 e. The van der Waals surface area contributed by atoms with Gasteiger partial charge in [-0.1, -0.05) is 18.9 Å². The molecule has 182 valence electrons. The van der Waals surface area contributed by atoms with E-state index in [1.807, 2.05) is 19.0 Å². The van der Waals surface area contributed by atoms with Gasteiger partial charge >= 0.3 is 0 Å². The van der Waals surface area contributed by atoms with Gasteiger partial charge in [-0.25, -0.2) is 4.98 Å². The van der Waals surface area contributed by atoms with E-state index in [0.29, 0.717) is 5.01 Å². The SMILES string of the molecule is CC1C=C(c2cnc(C(=O)NC(C(=O)N3CC(Cl)C4OCC(=O)C43)C3CCCC3)s2)C=NN1C. The summed E-state index contributed by atoms with van der Waals surface area (Å²) in [6.45, 7) is 2.25. The molecular weight excluding hydrogens is 478 g/mol. The Labute approximate surface area is 207 Å². The number of hydrazone groups is 1. The van der Waals surface area contributed by atoms with Crippen LogP contribution in [0.15, 0.2) is 17.4 Å². The van der Waals surface area contributed by atoms with Crippen LogP contribution in [0.3, 0.4) is 0 Å². The molecule has 4 heterocycles. The lowest BCUT2D eigenvalue weighted by molar-refractivity contribution is -0.139. The first-order valence-electron chi connectivity index (χ1n) is 11.7. The average Bonchev–Trinajstić information content (AvgIpc) is 3.61. The molecule has 2 saturated heterocycles. The number of aromatic nitrogens is 1. The summed E-state index contributed by atoms with van der Waals surface area (Å²) >= 11 is 7.67. The van der Waals surface area contributed by atoms with Gasteiger partial charge in [0, 0.05) is 25.4 Å². The van der Waals surface area contributed by atoms with Gasteiger partial charge < -0.3 is 15.0 Å². The van der Waals surface area contributed by atoms with Crippen molar-refractivity contribution < 1.29 is 19.1 Å². The fourth-order valence-corrected chi connectivity index (χ4v) is 6.37. The Kier molecular flexibility index (Phi) is 6.47. The van der Waals surface area contributed by atoms with Crippen molar-refractivity contribution in [3.63, 3.8) is 0 Å². The quantitative estimate of drug-likeness (QED) is 0.613. The molecule has 1 N–H and O–H groups in total. The van der Waals surface area contributed by atoms with E-state index in [4.69, 9.17) is 16.3 Å². The molecule has 4 aliphatic rings. The van der Waals surface area contributed by atoms with E-state index in [1.165, 1.54) is 16.2 Å². The third kappa shape index (κ3) is 4.27. The molecule has 5 unspecified atom stereocenters. The predicted molar refractivity (Wildman–Crippen MR) is 129 cm³/mol. The molecule has 1 saturated carbocycles. The van der Waals surface area contributed by atoms with Crippen LogP contribution < -0.4 is 5.32 Å². The van der Waals surface area contributed by atoms with Crippen molar-refractivity contribution in [1.82, 2.24) is 20.2 Å². The molecule has 5 atom stereocenters. The molecule has 11 heteroatoms. The van der Waals surface area contributed by atoms with Crippen LogP contribution in [0.1, 0.15) is 47.3 Å². The Balaban J connectivity index is 1.34. The smallest absolute Gasteiger partial charge is 0.280 e. The normalized spacial score (nSPS) is 30.0. The van der Waals surface area contributed by atoms with Crippen molar-refractivity contribution in [2.24, 2.45) is 11.0 Å². The summed E-state index contributed by atoms with van der Waals surface area (Å²) in [7, 11) is 1.90. The Morgan fingerprint density at radius 2 is 2.09 bits per heavy atom. The van der Waals surface area contributed by atoms with E-state index in [2.05, 4.69) is 21.5 Å². The summed E-state index contributed by atoms with van der Waals surface area (Å²) in [5.41, 5.74) is 0.918. The van der Waals surface area contributed by atoms with E-state index in [0.717, 1.165) is 36.1 Å². The third-order valence-electron chi connectivity index (χ3n) is 7.20. The third-order valence-corrected chi connectivity index (χ3v) is 8.63. The molecule has 0 spiro atoms. The second-order valence-corrected chi connectivity index (χ2v) is 11.0. The summed E-state index contributed by atoms with van der Waals surface area (Å²) in [4.78, 5) is 45.9. The van der Waals surface area contributed by atoms with Crippen molar-refractivity contribution in [2.75, 3.05) is 20.2 Å². The average molecular weight is 506 g/mol. The fraction of sp³-hybridized carbons (Fsp3) is 0.609. The number of thiazole rings is 1. The Morgan fingerprint density at radius 3 is 2.82 bits per heavy atom. The number of fused-ring (bicyclic) bond motifs is 1. The predicted octanol–water partition coefficient (Wildman–Crippen LogP) is 1.92. The number of ether oxygens (including phenoxy) is 1. The van der Waals surface area contributed by atoms with E-state index < -0.39 is 23.6 Å². The van der Waals surface area contributed by atoms with Crippen molar-refractivity contribution in [1.29, 1.82) is 0 Å². The van der Waals surface area contributed by atoms with Gasteiger partial charge in [-0.2, -0.15) is 5.10 Å². The minimum Gasteiger partial charge on any atom is -0.366 e. The molecule has 34 heavy (non-hydrogen) atoms. The standard InChI is InChI=1S/C23H28ClN5O4S/c1-12-7-14(8-26-28(12)2)17-9-25-22(34-17)21(31)27-18(13-5-3-4-6-13)23(32)29-10-15(24)20-19(29)16(30)11-33-20/h7-9,12-13,15,18-20H,3-6,10-11H2,1-2H3,(H,27,31). The van der Waals surface area contributed by atoms with E-state index >= 15 is 0 Å². The molecule has 3 fully saturated rings. The first-order valence-corrected chi connectivity index (χ1v) is 12.9. The van der Waals surface area contributed by atoms with Crippen LogP contribution in [0.4, 0.5) is 0 Å². The van der Waals surface area contributed by atoms with Gasteiger partial charge in [-0.05, 0) is 25.7 Å². The van der Waals surface area contributed by atoms with Gasteiger partial charge in [0.1, 0.15) is 24.8 Å². The van der Waals surface area contributed by atoms with Gasteiger partial charge in [0.05, 0.1) is 22.5 Å². The van der Waals surface area contributed by atoms with Crippen LogP contribution in [-0.4, -0.2) is 88.5 Å². The van der Waals surface area contributed by atoms with Crippen LogP contribution >= 0.6 is 22.9 Å². The topological polar surface area (TPSA) is 104 Å². The number of hydrogen-bond acceptors (Lipinski definition) is 8. The molecule has 1 aromatic heterocycles. The number of Topliss-reactive ketones (excluding diaryl/α,β-unsaturated/α-hetero) is 1. The van der Waals surface area contributed by atoms with Crippen LogP contribution in [0.5, 0.6) is 0 Å². The number of rotatable bonds is 5. The number of likely N-dealkylation sites (N-methyl/N-ethyl adjacent to an activating group) is 1. The van der Waals surface area contributed by atoms with E-state index in [-0.39, 0.29) is 42.7 Å². The van der Waals surface area contributed by atoms with Gasteiger partial charge in [-0.3, -0.25) is 19.4 Å². The molecule has 9 nitrogen and oxygen atoms in total. The maximum absolute atomic E-state index is 13.6. The van der Waals surface area contributed by atoms with Crippen LogP contribution in [0.2, 0.25) is 0 Å². The molecule has 3 aliphatic heterocycles. The highest BCUT2D eigenvalue weighted by Crippen LogP contribution is 2.34. The Morgan fingerprint density at radius 1 is 1.32 bits per heavy atom. The molecule has 5 rings (SSSR count). The maximum atomic E-state index is 13.6. The van der Waals surface area contributed by atoms with Crippen molar-refractivity contribution in [2.45, 2.75) is 62.2 Å². The second kappa shape index (κ2) is 9.39. The first kappa shape index (κ1) is 23.4. The molecule has 1 aliphatic carbocycles. The first-order chi connectivity index (χ1) is 16.3. The minimum atomic E-state index is -0.720. The molecule has 0 aromatic carbocycles. The van der Waals surface area contributed by atoms with E-state index in [9.17, 15) is 14.4 Å². The highest BCUT2D eigenvalue weighted by Gasteiger charge is 2.53. The summed E-state index contributed by atoms with van der Waals surface area (Å²) in [6.07, 6.45) is 8.74. The highest BCUT2D eigenvalue weighted by molar-refractivity contribution is 7.15. The van der Waals surface area contributed by atoms with Crippen molar-refractivity contribution in [3.8, 4) is 0 Å². The molecule has 1 aromatic rings. The molecule has 0 bridgehead atoms. The summed E-state index contributed by atoms with van der Waals surface area (Å²) < 4.78 is 5.52. The minimum absolute atomic E-state index is 0.0192. The van der Waals surface area contributed by atoms with Crippen LogP contribution in [-0.2, 0) is 14.3 Å². The zero-order chi connectivity index (χ0) is 24.0. The van der Waals surface area contributed by atoms with E-state index in [1.54, 1.807) is 12.4 Å². The highest BCUT2D eigenvalue weighted by atomic mass is 35.5. The van der Waals surface area contributed by atoms with Gasteiger partial charge in [0.15, 0.2) is 10.8 Å². The van der Waals surface area contributed by atoms with Gasteiger partial charge in [0.2, 0.25) is 5.91 Å². The summed E-state index contributed by atoms with van der Waals surface area (Å²) in [5.74, 6) is -0.754. The van der Waals surface area contributed by atoms with Crippen molar-refractivity contribution in [3.05, 3.63) is 22.2 Å². The Bertz CT molecular complexity index is 1050. The summed E-state index contributed by atoms with van der Waals surface area (Å²) in [6, 6.07) is -1.25. The van der Waals surface area contributed by atoms with Gasteiger partial charge in [-0.15, -0.1) is 22.9 Å². The summed E-state index contributed by atoms with van der Waals surface area (Å²) in [5, 5.41) is 9.01. The zero-order valence-corrected chi connectivity index (χ0v) is 20.7. The second-order valence-electron chi connectivity index (χ2n) is 9.40. The maximum Gasteiger partial charge on any atom is 0.280 e. The number of carbonyl (C=O) groups is 3. The van der Waals surface area contributed by atoms with Crippen molar-refractivity contribution >= 4 is 52.3 Å². The molecular formula is C23H28ClN5O4S. The number of carbonyl (C=O) groups excluding carboxylic acids is 3. The number of hydrogen-bond donors (Lipinski definition) is 1. The number of likely N-dealkylation sites (tertiary alicyclic amines) is 1. The van der Waals surface area contributed by atoms with Crippen LogP contribution in [0.25, 0.3) is 5.57 Å². The van der Waals surface area contributed by atoms with Crippen LogP contribution in [0, 0.1) is 5.92 Å². The number of halogens is 1.